The van der Waals surface area contributed by atoms with Crippen LogP contribution in [0.1, 0.15) is 59.8 Å². The molecule has 0 amide bonds. The maximum absolute atomic E-state index is 5.98. The van der Waals surface area contributed by atoms with Crippen LogP contribution in [0.15, 0.2) is 0 Å². The van der Waals surface area contributed by atoms with Crippen molar-refractivity contribution in [2.24, 2.45) is 0 Å². The van der Waals surface area contributed by atoms with E-state index in [0.717, 1.165) is 13.0 Å². The fourth-order valence-electron chi connectivity index (χ4n) is 2.38. The third kappa shape index (κ3) is 3.46. The quantitative estimate of drug-likeness (QED) is 0.775. The summed E-state index contributed by atoms with van der Waals surface area (Å²) in [5, 5.41) is 3.80. The second-order valence-electron chi connectivity index (χ2n) is 5.02. The van der Waals surface area contributed by atoms with Crippen molar-refractivity contribution in [2.45, 2.75) is 77.5 Å². The Balaban J connectivity index is 2.64. The van der Waals surface area contributed by atoms with E-state index in [1.165, 1.54) is 25.7 Å². The molecular formula is C13H27NO. The second-order valence-corrected chi connectivity index (χ2v) is 5.02. The highest BCUT2D eigenvalue weighted by atomic mass is 16.5. The zero-order valence-corrected chi connectivity index (χ0v) is 10.8. The predicted molar refractivity (Wildman–Crippen MR) is 65.2 cm³/mol. The molecular weight excluding hydrogens is 186 g/mol. The van der Waals surface area contributed by atoms with Crippen LogP contribution in [0.5, 0.6) is 0 Å². The molecule has 0 radical (unpaired) electrons. The summed E-state index contributed by atoms with van der Waals surface area (Å²) >= 11 is 0. The Morgan fingerprint density at radius 3 is 2.60 bits per heavy atom. The van der Waals surface area contributed by atoms with Crippen LogP contribution in [0.4, 0.5) is 0 Å². The molecule has 90 valence electrons. The number of ether oxygens (including phenoxy) is 1. The van der Waals surface area contributed by atoms with Gasteiger partial charge < -0.3 is 10.1 Å². The molecule has 1 heterocycles. The monoisotopic (exact) mass is 213 g/mol. The van der Waals surface area contributed by atoms with Crippen LogP contribution in [0.25, 0.3) is 0 Å². The van der Waals surface area contributed by atoms with Gasteiger partial charge in [-0.1, -0.05) is 27.2 Å². The minimum atomic E-state index is 0.281. The van der Waals surface area contributed by atoms with Crippen molar-refractivity contribution in [1.82, 2.24) is 5.32 Å². The van der Waals surface area contributed by atoms with E-state index in [-0.39, 0.29) is 5.54 Å². The minimum Gasteiger partial charge on any atom is -0.377 e. The highest BCUT2D eigenvalue weighted by Gasteiger charge is 2.32. The first-order valence-electron chi connectivity index (χ1n) is 6.54. The third-order valence-corrected chi connectivity index (χ3v) is 3.76. The van der Waals surface area contributed by atoms with E-state index in [2.05, 4.69) is 33.0 Å². The van der Waals surface area contributed by atoms with Gasteiger partial charge in [-0.05, 0) is 32.6 Å². The molecule has 1 N–H and O–H groups in total. The van der Waals surface area contributed by atoms with E-state index < -0.39 is 0 Å². The summed E-state index contributed by atoms with van der Waals surface area (Å²) in [6, 6.07) is 0.539. The van der Waals surface area contributed by atoms with Crippen LogP contribution in [-0.4, -0.2) is 24.3 Å². The molecule has 2 heteroatoms. The summed E-state index contributed by atoms with van der Waals surface area (Å²) in [7, 11) is 0. The highest BCUT2D eigenvalue weighted by Crippen LogP contribution is 2.24. The van der Waals surface area contributed by atoms with Gasteiger partial charge in [0.2, 0.25) is 0 Å². The normalized spacial score (nSPS) is 37.6. The van der Waals surface area contributed by atoms with Gasteiger partial charge in [0.15, 0.2) is 0 Å². The van der Waals surface area contributed by atoms with Crippen molar-refractivity contribution >= 4 is 0 Å². The average Bonchev–Trinajstić information content (AvgIpc) is 2.40. The van der Waals surface area contributed by atoms with E-state index in [1.807, 2.05) is 0 Å². The number of hydrogen-bond donors (Lipinski definition) is 1. The van der Waals surface area contributed by atoms with Crippen LogP contribution in [0, 0.1) is 0 Å². The van der Waals surface area contributed by atoms with E-state index in [1.54, 1.807) is 0 Å². The Kier molecular flexibility index (Phi) is 5.07. The molecule has 1 saturated heterocycles. The molecule has 0 spiro atoms. The van der Waals surface area contributed by atoms with Gasteiger partial charge in [0, 0.05) is 18.2 Å². The van der Waals surface area contributed by atoms with Gasteiger partial charge in [-0.3, -0.25) is 0 Å². The lowest BCUT2D eigenvalue weighted by Crippen LogP contribution is -2.50. The topological polar surface area (TPSA) is 21.3 Å². The highest BCUT2D eigenvalue weighted by molar-refractivity contribution is 4.90. The van der Waals surface area contributed by atoms with Crippen molar-refractivity contribution in [3.63, 3.8) is 0 Å². The SMILES string of the molecule is CCCC1OCCC(C)(CC)NC1CC. The fourth-order valence-corrected chi connectivity index (χ4v) is 2.38. The van der Waals surface area contributed by atoms with E-state index in [4.69, 9.17) is 4.74 Å². The number of nitrogens with one attached hydrogen (secondary N) is 1. The molecule has 0 aromatic carbocycles. The smallest absolute Gasteiger partial charge is 0.0728 e. The summed E-state index contributed by atoms with van der Waals surface area (Å²) in [5.74, 6) is 0. The Bertz CT molecular complexity index is 183. The number of hydrogen-bond acceptors (Lipinski definition) is 2. The van der Waals surface area contributed by atoms with Crippen molar-refractivity contribution in [3.8, 4) is 0 Å². The fraction of sp³-hybridized carbons (Fsp3) is 1.00. The average molecular weight is 213 g/mol. The third-order valence-electron chi connectivity index (χ3n) is 3.76. The molecule has 3 unspecified atom stereocenters. The van der Waals surface area contributed by atoms with Crippen molar-refractivity contribution < 1.29 is 4.74 Å². The second kappa shape index (κ2) is 5.86. The first-order chi connectivity index (χ1) is 7.15. The molecule has 0 bridgehead atoms. The lowest BCUT2D eigenvalue weighted by Gasteiger charge is -2.33. The van der Waals surface area contributed by atoms with Gasteiger partial charge in [0.1, 0.15) is 0 Å². The molecule has 0 aromatic rings. The number of rotatable bonds is 4. The molecule has 0 saturated carbocycles. The Hall–Kier alpha value is -0.0800. The molecule has 3 atom stereocenters. The van der Waals surface area contributed by atoms with Gasteiger partial charge in [-0.15, -0.1) is 0 Å². The zero-order chi connectivity index (χ0) is 11.3. The maximum atomic E-state index is 5.98. The maximum Gasteiger partial charge on any atom is 0.0728 e. The van der Waals surface area contributed by atoms with Gasteiger partial charge in [0.25, 0.3) is 0 Å². The van der Waals surface area contributed by atoms with Crippen molar-refractivity contribution in [2.75, 3.05) is 6.61 Å². The molecule has 1 aliphatic heterocycles. The zero-order valence-electron chi connectivity index (χ0n) is 10.8. The molecule has 0 aromatic heterocycles. The van der Waals surface area contributed by atoms with E-state index in [9.17, 15) is 0 Å². The minimum absolute atomic E-state index is 0.281. The summed E-state index contributed by atoms with van der Waals surface area (Å²) in [4.78, 5) is 0. The summed E-state index contributed by atoms with van der Waals surface area (Å²) < 4.78 is 5.98. The molecule has 0 aliphatic carbocycles. The predicted octanol–water partition coefficient (Wildman–Crippen LogP) is 3.11. The molecule has 1 fully saturated rings. The van der Waals surface area contributed by atoms with Crippen molar-refractivity contribution in [1.29, 1.82) is 0 Å². The summed E-state index contributed by atoms with van der Waals surface area (Å²) in [5.41, 5.74) is 0.281. The first kappa shape index (κ1) is 13.0. The Labute approximate surface area is 94.8 Å². The molecule has 2 nitrogen and oxygen atoms in total. The Morgan fingerprint density at radius 2 is 2.07 bits per heavy atom. The van der Waals surface area contributed by atoms with Gasteiger partial charge >= 0.3 is 0 Å². The van der Waals surface area contributed by atoms with Gasteiger partial charge in [0.05, 0.1) is 6.10 Å². The van der Waals surface area contributed by atoms with Crippen molar-refractivity contribution in [3.05, 3.63) is 0 Å². The largest absolute Gasteiger partial charge is 0.377 e. The van der Waals surface area contributed by atoms with Crippen LogP contribution < -0.4 is 5.32 Å². The molecule has 15 heavy (non-hydrogen) atoms. The van der Waals surface area contributed by atoms with Gasteiger partial charge in [-0.2, -0.15) is 0 Å². The van der Waals surface area contributed by atoms with E-state index in [0.29, 0.717) is 12.1 Å². The van der Waals surface area contributed by atoms with Crippen LogP contribution in [0.2, 0.25) is 0 Å². The first-order valence-corrected chi connectivity index (χ1v) is 6.54. The molecule has 1 aliphatic rings. The molecule has 1 rings (SSSR count). The van der Waals surface area contributed by atoms with Crippen LogP contribution in [-0.2, 0) is 4.74 Å². The van der Waals surface area contributed by atoms with E-state index >= 15 is 0 Å². The van der Waals surface area contributed by atoms with Crippen LogP contribution in [0.3, 0.4) is 0 Å². The lowest BCUT2D eigenvalue weighted by atomic mass is 9.93. The summed E-state index contributed by atoms with van der Waals surface area (Å²) in [6.07, 6.45) is 6.32. The Morgan fingerprint density at radius 1 is 1.33 bits per heavy atom. The van der Waals surface area contributed by atoms with Gasteiger partial charge in [-0.25, -0.2) is 0 Å². The summed E-state index contributed by atoms with van der Waals surface area (Å²) in [6.45, 7) is 10.00. The standard InChI is InChI=1S/C13H27NO/c1-5-8-12-11(6-2)14-13(4,7-3)9-10-15-12/h11-12,14H,5-10H2,1-4H3. The lowest BCUT2D eigenvalue weighted by molar-refractivity contribution is 0.0357. The van der Waals surface area contributed by atoms with Crippen LogP contribution >= 0.6 is 0 Å².